The van der Waals surface area contributed by atoms with Gasteiger partial charge in [-0.2, -0.15) is 0 Å². The molecule has 11 N–H and O–H groups in total. The number of esters is 2. The Balaban J connectivity index is 0.000000151. The molecule has 0 unspecified atom stereocenters. The van der Waals surface area contributed by atoms with Crippen LogP contribution in [0.25, 0.3) is 10.8 Å². The zero-order chi connectivity index (χ0) is 92.8. The minimum Gasteiger partial charge on any atom is -0.481 e. The first-order valence-corrected chi connectivity index (χ1v) is 56.6. The number of carboxylic acid groups (broad SMARTS) is 1. The summed E-state index contributed by atoms with van der Waals surface area (Å²) in [6.07, 6.45) is 86.5. The number of nitrogens with zero attached hydrogens (tertiary/aromatic N) is 5. The Bertz CT molecular complexity index is 3620. The molecule has 0 aromatic heterocycles. The second kappa shape index (κ2) is 59.0. The van der Waals surface area contributed by atoms with Crippen LogP contribution in [0.2, 0.25) is 0 Å². The van der Waals surface area contributed by atoms with Crippen molar-refractivity contribution < 1.29 is 29.0 Å². The molecule has 0 saturated heterocycles. The van der Waals surface area contributed by atoms with Gasteiger partial charge < -0.3 is 67.7 Å². The van der Waals surface area contributed by atoms with E-state index in [1.165, 1.54) is 370 Å². The third kappa shape index (κ3) is 40.1. The third-order valence-electron chi connectivity index (χ3n) is 32.2. The van der Waals surface area contributed by atoms with Crippen LogP contribution in [0.15, 0.2) is 67.4 Å². The predicted octanol–water partition coefficient (Wildman–Crippen LogP) is 25.2. The Morgan fingerprint density at radius 1 is 0.331 bits per heavy atom. The van der Waals surface area contributed by atoms with Crippen molar-refractivity contribution in [3.8, 4) is 0 Å². The van der Waals surface area contributed by atoms with Crippen LogP contribution in [-0.4, -0.2) is 149 Å². The van der Waals surface area contributed by atoms with Crippen LogP contribution >= 0.6 is 0 Å². The fourth-order valence-corrected chi connectivity index (χ4v) is 24.0. The van der Waals surface area contributed by atoms with E-state index in [-0.39, 0.29) is 41.3 Å². The molecule has 750 valence electrons. The van der Waals surface area contributed by atoms with Gasteiger partial charge in [0.2, 0.25) is 0 Å². The minimum absolute atomic E-state index is 0.0270. The number of nitrogens with one attached hydrogen (secondary N) is 10. The molecule has 14 saturated carbocycles. The largest absolute Gasteiger partial charge is 0.481 e. The van der Waals surface area contributed by atoms with E-state index < -0.39 is 11.6 Å². The van der Waals surface area contributed by atoms with E-state index in [4.69, 9.17) is 34.4 Å². The number of guanidine groups is 5. The standard InChI is InChI=1S/C26H45N3O2.C24H43N3O2.C23H31N3.C20H35N3O2.C19H37N3/c1-26(18-8-9-19-26)31-24(30)20-14-16-23(17-15-20)29-25(27-21-10-4-2-5-11-21)28-22-12-6-3-7-13-22;1-24(2,3)29-22(28)18-14-16-21(17-15-18)27-23(25-19-10-6-4-7-11-19)26-20-12-8-5-9-13-20;1-3-12-19(13-4-1)24-23(25-20-14-5-2-6-15-20)26-22-17-9-11-18-10-7-8-16-21(18)22;24-19(25)15-11-13-18(14-12-15)23-20(21-16-7-3-1-4-8-16)22-17-9-5-2-6-10-17;1-2-3-4-11-16-20-19(21-17-12-7-5-8-13-17)22-18-14-9-6-10-15-18/h20-23H,2-19H2,1H3,(H2,27,28,29);18-21H,4-17H2,1-3H3,(H2,25,26,27);7-11,16-17,19-20H,1-6,12-15H2,(H2,24,25,26);15-18H,1-14H2,(H,24,25)(H2,21,22,23);17-18H,2-16H2,1H3,(H2,20,21,22). The number of anilines is 1. The predicted molar refractivity (Wildman–Crippen MR) is 554 cm³/mol. The van der Waals surface area contributed by atoms with Crippen molar-refractivity contribution in [1.29, 1.82) is 0 Å². The smallest absolute Gasteiger partial charge is 0.309 e. The summed E-state index contributed by atoms with van der Waals surface area (Å²) in [5.41, 5.74) is 0.557. The fraction of sp³-hybridized carbons (Fsp3) is 0.839. The number of rotatable bonds is 23. The molecule has 21 heteroatoms. The number of ether oxygens (including phenoxy) is 2. The van der Waals surface area contributed by atoms with Crippen molar-refractivity contribution in [3.05, 3.63) is 42.5 Å². The third-order valence-corrected chi connectivity index (χ3v) is 32.2. The highest BCUT2D eigenvalue weighted by molar-refractivity contribution is 6.03. The van der Waals surface area contributed by atoms with Gasteiger partial charge in [-0.05, 0) is 277 Å². The molecule has 0 heterocycles. The number of carboxylic acids is 1. The fourth-order valence-electron chi connectivity index (χ4n) is 24.0. The maximum atomic E-state index is 12.7. The van der Waals surface area contributed by atoms with Crippen molar-refractivity contribution in [1.82, 2.24) is 47.9 Å². The zero-order valence-electron chi connectivity index (χ0n) is 84.7. The van der Waals surface area contributed by atoms with Crippen LogP contribution in [0.4, 0.5) is 5.69 Å². The average Bonchev–Trinajstić information content (AvgIpc) is 1.77. The van der Waals surface area contributed by atoms with Crippen molar-refractivity contribution in [3.63, 3.8) is 0 Å². The first kappa shape index (κ1) is 105. The highest BCUT2D eigenvalue weighted by Gasteiger charge is 2.38. The number of fused-ring (bicyclic) bond motifs is 1. The van der Waals surface area contributed by atoms with E-state index in [1.807, 2.05) is 20.8 Å². The molecule has 0 spiro atoms. The molecule has 2 aromatic rings. The number of carbonyl (C=O) groups is 3. The molecule has 0 bridgehead atoms. The molecule has 21 nitrogen and oxygen atoms in total. The summed E-state index contributed by atoms with van der Waals surface area (Å²) in [7, 11) is 0. The summed E-state index contributed by atoms with van der Waals surface area (Å²) in [5.74, 6) is 4.51. The normalized spacial score (nSPS) is 25.7. The van der Waals surface area contributed by atoms with Crippen molar-refractivity contribution in [2.45, 2.75) is 574 Å². The second-order valence-corrected chi connectivity index (χ2v) is 44.9. The highest BCUT2D eigenvalue weighted by atomic mass is 16.6. The van der Waals surface area contributed by atoms with E-state index >= 15 is 0 Å². The number of aliphatic carboxylic acids is 1. The lowest BCUT2D eigenvalue weighted by atomic mass is 9.86. The molecule has 14 fully saturated rings. The van der Waals surface area contributed by atoms with E-state index in [2.05, 4.69) is 109 Å². The summed E-state index contributed by atoms with van der Waals surface area (Å²) in [6, 6.07) is 21.7. The SMILES string of the molecule is CC(C)(C)OC(=O)C1CCC(N=C(NC2CCCCC2)NC2CCCCC2)CC1.CC1(OC(=O)C2CCC(N=C(NC3CCCCC3)NC3CCCCC3)CC2)CCCC1.CCCCCCN=C(NC1CCCCC1)NC1CCCCC1.O=C(O)C1CCC(N=C(NC2CCCCC2)NC2CCCCC2)CC1.c1ccc2c(NC(=NC3CCCCC3)NC3CCCCC3)cccc2c1. The first-order valence-electron chi connectivity index (χ1n) is 56.6. The molecular weight excluding hydrogens is 1650 g/mol. The molecule has 133 heavy (non-hydrogen) atoms. The maximum Gasteiger partial charge on any atom is 0.309 e. The van der Waals surface area contributed by atoms with E-state index in [0.29, 0.717) is 72.5 Å². The van der Waals surface area contributed by atoms with Crippen LogP contribution in [0.5, 0.6) is 0 Å². The number of hydrogen-bond acceptors (Lipinski definition) is 10. The number of aliphatic imine (C=N–C) groups is 5. The molecule has 0 atom stereocenters. The van der Waals surface area contributed by atoms with Crippen molar-refractivity contribution in [2.75, 3.05) is 11.9 Å². The summed E-state index contributed by atoms with van der Waals surface area (Å²) in [6.45, 7) is 11.2. The van der Waals surface area contributed by atoms with Crippen molar-refractivity contribution >= 4 is 64.2 Å². The van der Waals surface area contributed by atoms with Gasteiger partial charge in [0.1, 0.15) is 11.2 Å². The molecule has 0 aliphatic heterocycles. The van der Waals surface area contributed by atoms with Gasteiger partial charge in [0.25, 0.3) is 0 Å². The highest BCUT2D eigenvalue weighted by Crippen LogP contribution is 2.38. The molecule has 0 radical (unpaired) electrons. The lowest BCUT2D eigenvalue weighted by molar-refractivity contribution is -0.164. The number of unbranched alkanes of at least 4 members (excludes halogenated alkanes) is 3. The Labute approximate surface area is 807 Å². The van der Waals surface area contributed by atoms with Crippen LogP contribution in [0, 0.1) is 17.8 Å². The molecule has 14 aliphatic rings. The minimum atomic E-state index is -0.636. The quantitative estimate of drug-likeness (QED) is 0.0214. The average molecular weight is 1840 g/mol. The first-order chi connectivity index (χ1) is 65.0. The van der Waals surface area contributed by atoms with E-state index in [1.54, 1.807) is 0 Å². The Hall–Kier alpha value is -6.54. The lowest BCUT2D eigenvalue weighted by Gasteiger charge is -2.32. The Morgan fingerprint density at radius 2 is 0.624 bits per heavy atom. The monoisotopic (exact) mass is 1840 g/mol. The number of benzene rings is 2. The molecule has 14 aliphatic carbocycles. The molecule has 16 rings (SSSR count). The molecule has 0 amide bonds. The van der Waals surface area contributed by atoms with Gasteiger partial charge in [0.05, 0.1) is 41.9 Å². The van der Waals surface area contributed by atoms with Gasteiger partial charge in [-0.1, -0.05) is 255 Å². The maximum absolute atomic E-state index is 12.7. The second-order valence-electron chi connectivity index (χ2n) is 44.9. The molecule has 2 aromatic carbocycles. The Morgan fingerprint density at radius 3 is 0.962 bits per heavy atom. The zero-order valence-corrected chi connectivity index (χ0v) is 84.7. The summed E-state index contributed by atoms with van der Waals surface area (Å²) >= 11 is 0. The summed E-state index contributed by atoms with van der Waals surface area (Å²) in [4.78, 5) is 61.6. The van der Waals surface area contributed by atoms with Crippen LogP contribution in [0.1, 0.15) is 484 Å². The van der Waals surface area contributed by atoms with Gasteiger partial charge in [-0.25, -0.2) is 20.0 Å². The van der Waals surface area contributed by atoms with Crippen LogP contribution in [0.3, 0.4) is 0 Å². The number of hydrogen-bond donors (Lipinski definition) is 11. The lowest BCUT2D eigenvalue weighted by Crippen LogP contribution is -2.49. The Kier molecular flexibility index (Phi) is 46.7. The van der Waals surface area contributed by atoms with Crippen molar-refractivity contribution in [2.24, 2.45) is 42.7 Å². The van der Waals surface area contributed by atoms with Gasteiger partial charge >= 0.3 is 17.9 Å². The molecular formula is C112H191N15O6. The van der Waals surface area contributed by atoms with Crippen LogP contribution < -0.4 is 53.2 Å². The topological polar surface area (TPSA) is 272 Å². The number of carbonyl (C=O) groups excluding carboxylic acids is 2. The van der Waals surface area contributed by atoms with E-state index in [9.17, 15) is 19.5 Å². The van der Waals surface area contributed by atoms with E-state index in [0.717, 1.165) is 132 Å². The van der Waals surface area contributed by atoms with Gasteiger partial charge in [-0.3, -0.25) is 19.4 Å². The van der Waals surface area contributed by atoms with Gasteiger partial charge in [0.15, 0.2) is 29.8 Å². The summed E-state index contributed by atoms with van der Waals surface area (Å²) in [5, 5.41) is 49.1. The van der Waals surface area contributed by atoms with Gasteiger partial charge in [-0.15, -0.1) is 0 Å². The van der Waals surface area contributed by atoms with Gasteiger partial charge in [0, 0.05) is 72.0 Å². The van der Waals surface area contributed by atoms with Crippen LogP contribution in [-0.2, 0) is 23.9 Å². The summed E-state index contributed by atoms with van der Waals surface area (Å²) < 4.78 is 11.6.